The highest BCUT2D eigenvalue weighted by Gasteiger charge is 2.33. The first-order valence-corrected chi connectivity index (χ1v) is 19.4. The molecule has 2 amide bonds. The van der Waals surface area contributed by atoms with Crippen molar-refractivity contribution in [2.45, 2.75) is 76.4 Å². The number of piperidine rings is 1. The highest BCUT2D eigenvalue weighted by Crippen LogP contribution is 2.45. The van der Waals surface area contributed by atoms with Crippen LogP contribution in [0.25, 0.3) is 22.1 Å². The van der Waals surface area contributed by atoms with E-state index in [-0.39, 0.29) is 11.8 Å². The van der Waals surface area contributed by atoms with Crippen LogP contribution in [-0.2, 0) is 22.6 Å². The molecule has 0 bridgehead atoms. The molecule has 2 saturated heterocycles. The first-order valence-electron chi connectivity index (χ1n) is 19.4. The number of hydrogen-bond donors (Lipinski definition) is 1. The van der Waals surface area contributed by atoms with Crippen molar-refractivity contribution in [1.82, 2.24) is 29.1 Å². The number of fused-ring (bicyclic) bond motifs is 5. The summed E-state index contributed by atoms with van der Waals surface area (Å²) in [4.78, 5) is 37.6. The second-order valence-electron chi connectivity index (χ2n) is 15.0. The molecule has 2 aliphatic carbocycles. The summed E-state index contributed by atoms with van der Waals surface area (Å²) in [5.74, 6) is 0.437. The van der Waals surface area contributed by atoms with Crippen molar-refractivity contribution in [2.75, 3.05) is 39.4 Å². The Morgan fingerprint density at radius 2 is 1.75 bits per heavy atom. The largest absolute Gasteiger partial charge is 0.379 e. The first-order chi connectivity index (χ1) is 25.6. The molecule has 9 rings (SSSR count). The molecule has 3 fully saturated rings. The van der Waals surface area contributed by atoms with Gasteiger partial charge in [-0.2, -0.15) is 0 Å². The van der Waals surface area contributed by atoms with Crippen molar-refractivity contribution in [3.05, 3.63) is 113 Å². The van der Waals surface area contributed by atoms with E-state index in [9.17, 15) is 9.59 Å². The number of amides is 2. The monoisotopic (exact) mass is 696 g/mol. The van der Waals surface area contributed by atoms with Crippen LogP contribution >= 0.6 is 0 Å². The number of rotatable bonds is 6. The fourth-order valence-electron chi connectivity index (χ4n) is 9.22. The summed E-state index contributed by atoms with van der Waals surface area (Å²) in [7, 11) is 0. The standard InChI is InChI=1S/C43H48N6O3/c50-42(44-27-34-29-48-18-8-7-13-39(48)45-34)32-14-15-37-38(26-32)49-28-33(43(51)47-19-16-35(17-20-47)46-21-23-52-24-22-46)25-31-11-5-2-6-12-36(31)41(49)40(37)30-9-3-1-4-10-30/h5-8,11-15,18,25-26,29-30,35H,1-4,9-10,16-17,19-24,27-28H2,(H,44,50). The van der Waals surface area contributed by atoms with Gasteiger partial charge in [-0.1, -0.05) is 55.7 Å². The quantitative estimate of drug-likeness (QED) is 0.240. The molecule has 52 heavy (non-hydrogen) atoms. The lowest BCUT2D eigenvalue weighted by Crippen LogP contribution is -2.50. The Hall–Kier alpha value is -4.73. The van der Waals surface area contributed by atoms with E-state index in [0.717, 1.165) is 99.5 Å². The van der Waals surface area contributed by atoms with E-state index in [0.29, 0.717) is 30.6 Å². The maximum absolute atomic E-state index is 14.5. The normalized spacial score (nSPS) is 20.5. The van der Waals surface area contributed by atoms with Gasteiger partial charge >= 0.3 is 0 Å². The van der Waals surface area contributed by atoms with E-state index >= 15 is 0 Å². The van der Waals surface area contributed by atoms with Gasteiger partial charge in [-0.3, -0.25) is 14.5 Å². The van der Waals surface area contributed by atoms with Gasteiger partial charge in [0.15, 0.2) is 0 Å². The minimum atomic E-state index is -0.130. The molecule has 6 heterocycles. The number of allylic oxidation sites excluding steroid dienone is 7. The van der Waals surface area contributed by atoms with Crippen LogP contribution in [0.3, 0.4) is 0 Å². The second-order valence-corrected chi connectivity index (χ2v) is 15.0. The average Bonchev–Trinajstić information content (AvgIpc) is 3.60. The van der Waals surface area contributed by atoms with Crippen LogP contribution in [0.1, 0.15) is 84.6 Å². The van der Waals surface area contributed by atoms with Gasteiger partial charge in [-0.05, 0) is 79.5 Å². The number of pyridine rings is 1. The van der Waals surface area contributed by atoms with Gasteiger partial charge in [0.2, 0.25) is 0 Å². The van der Waals surface area contributed by atoms with Gasteiger partial charge in [0, 0.05) is 72.2 Å². The van der Waals surface area contributed by atoms with Crippen LogP contribution < -0.4 is 5.32 Å². The third-order valence-electron chi connectivity index (χ3n) is 11.9. The summed E-state index contributed by atoms with van der Waals surface area (Å²) in [6.07, 6.45) is 23.9. The molecule has 0 radical (unpaired) electrons. The molecule has 9 nitrogen and oxygen atoms in total. The Bertz CT molecular complexity index is 2100. The Morgan fingerprint density at radius 3 is 2.58 bits per heavy atom. The van der Waals surface area contributed by atoms with Crippen molar-refractivity contribution in [3.8, 4) is 0 Å². The number of aromatic nitrogens is 3. The molecular weight excluding hydrogens is 649 g/mol. The summed E-state index contributed by atoms with van der Waals surface area (Å²) in [6.45, 7) is 5.91. The van der Waals surface area contributed by atoms with E-state index in [2.05, 4.69) is 67.2 Å². The van der Waals surface area contributed by atoms with Gasteiger partial charge in [0.1, 0.15) is 5.65 Å². The van der Waals surface area contributed by atoms with Crippen molar-refractivity contribution in [2.24, 2.45) is 0 Å². The maximum Gasteiger partial charge on any atom is 0.251 e. The molecule has 1 aromatic carbocycles. The van der Waals surface area contributed by atoms with Crippen molar-refractivity contribution < 1.29 is 14.3 Å². The molecule has 0 spiro atoms. The van der Waals surface area contributed by atoms with E-state index in [1.54, 1.807) is 0 Å². The third kappa shape index (κ3) is 6.34. The Morgan fingerprint density at radius 1 is 0.923 bits per heavy atom. The van der Waals surface area contributed by atoms with Crippen molar-refractivity contribution in [1.29, 1.82) is 0 Å². The lowest BCUT2D eigenvalue weighted by molar-refractivity contribution is -0.129. The number of ether oxygens (including phenoxy) is 1. The minimum absolute atomic E-state index is 0.129. The molecule has 3 aliphatic heterocycles. The van der Waals surface area contributed by atoms with Crippen LogP contribution in [0.5, 0.6) is 0 Å². The Balaban J connectivity index is 1.07. The van der Waals surface area contributed by atoms with Gasteiger partial charge in [-0.15, -0.1) is 0 Å². The van der Waals surface area contributed by atoms with Gasteiger partial charge in [-0.25, -0.2) is 4.98 Å². The molecule has 0 unspecified atom stereocenters. The zero-order valence-electron chi connectivity index (χ0n) is 29.9. The van der Waals surface area contributed by atoms with E-state index < -0.39 is 0 Å². The number of benzene rings is 1. The topological polar surface area (TPSA) is 84.1 Å². The fraction of sp³-hybridized carbons (Fsp3) is 0.419. The molecule has 1 N–H and O–H groups in total. The Kier molecular flexibility index (Phi) is 9.15. The zero-order chi connectivity index (χ0) is 35.0. The third-order valence-corrected chi connectivity index (χ3v) is 11.9. The zero-order valence-corrected chi connectivity index (χ0v) is 29.9. The van der Waals surface area contributed by atoms with Crippen LogP contribution in [0.15, 0.2) is 90.3 Å². The number of likely N-dealkylation sites (tertiary alicyclic amines) is 1. The number of nitrogens with one attached hydrogen (secondary N) is 1. The highest BCUT2D eigenvalue weighted by atomic mass is 16.5. The first kappa shape index (κ1) is 33.1. The fourth-order valence-corrected chi connectivity index (χ4v) is 9.22. The molecule has 9 heteroatoms. The van der Waals surface area contributed by atoms with E-state index in [1.807, 2.05) is 41.1 Å². The lowest BCUT2D eigenvalue weighted by Gasteiger charge is -2.40. The van der Waals surface area contributed by atoms with Crippen molar-refractivity contribution in [3.63, 3.8) is 0 Å². The molecule has 268 valence electrons. The highest BCUT2D eigenvalue weighted by molar-refractivity contribution is 6.02. The molecular formula is C43H48N6O3. The SMILES string of the molecule is O=C(NCc1cn2ccccc2n1)c1ccc2c(C3CCCCC3)c3n(c2c1)CC(C(=O)N1CCC(N2CCOCC2)CC1)=CC1=C3C=CCC=C1. The predicted molar refractivity (Wildman–Crippen MR) is 204 cm³/mol. The summed E-state index contributed by atoms with van der Waals surface area (Å²) in [5.41, 5.74) is 8.99. The molecule has 3 aromatic heterocycles. The number of morpholine rings is 1. The second kappa shape index (κ2) is 14.4. The minimum Gasteiger partial charge on any atom is -0.379 e. The average molecular weight is 697 g/mol. The van der Waals surface area contributed by atoms with Gasteiger partial charge in [0.25, 0.3) is 11.8 Å². The number of imidazole rings is 1. The number of nitrogens with zero attached hydrogens (tertiary/aromatic N) is 5. The predicted octanol–water partition coefficient (Wildman–Crippen LogP) is 6.80. The summed E-state index contributed by atoms with van der Waals surface area (Å²) >= 11 is 0. The van der Waals surface area contributed by atoms with Crippen LogP contribution in [-0.4, -0.2) is 81.0 Å². The number of hydrogen-bond acceptors (Lipinski definition) is 5. The van der Waals surface area contributed by atoms with Crippen LogP contribution in [0, 0.1) is 0 Å². The summed E-state index contributed by atoms with van der Waals surface area (Å²) < 4.78 is 9.93. The summed E-state index contributed by atoms with van der Waals surface area (Å²) in [5, 5.41) is 4.32. The van der Waals surface area contributed by atoms with Crippen LogP contribution in [0.2, 0.25) is 0 Å². The smallest absolute Gasteiger partial charge is 0.251 e. The van der Waals surface area contributed by atoms with Crippen molar-refractivity contribution >= 4 is 33.9 Å². The van der Waals surface area contributed by atoms with Crippen LogP contribution in [0.4, 0.5) is 0 Å². The molecule has 5 aliphatic rings. The summed E-state index contributed by atoms with van der Waals surface area (Å²) in [6, 6.07) is 12.6. The molecule has 1 saturated carbocycles. The number of carbonyl (C=O) groups is 2. The Labute approximate surface area is 305 Å². The van der Waals surface area contributed by atoms with Gasteiger partial charge in [0.05, 0.1) is 37.7 Å². The molecule has 4 aromatic rings. The van der Waals surface area contributed by atoms with Gasteiger partial charge < -0.3 is 23.9 Å². The molecule has 0 atom stereocenters. The van der Waals surface area contributed by atoms with E-state index in [4.69, 9.17) is 4.74 Å². The lowest BCUT2D eigenvalue weighted by atomic mass is 9.81. The number of carbonyl (C=O) groups excluding carboxylic acids is 2. The maximum atomic E-state index is 14.5. The van der Waals surface area contributed by atoms with E-state index in [1.165, 1.54) is 41.5 Å².